The first-order valence-electron chi connectivity index (χ1n) is 12.1. The molecule has 0 atom stereocenters. The van der Waals surface area contributed by atoms with E-state index in [1.165, 1.54) is 133 Å². The zero-order valence-corrected chi connectivity index (χ0v) is 19.1. The van der Waals surface area contributed by atoms with Gasteiger partial charge in [-0.25, -0.2) is 0 Å². The third-order valence-corrected chi connectivity index (χ3v) is 5.94. The molecule has 0 unspecified atom stereocenters. The summed E-state index contributed by atoms with van der Waals surface area (Å²) in [6.07, 6.45) is 21.0. The highest BCUT2D eigenvalue weighted by Gasteiger charge is 2.24. The van der Waals surface area contributed by atoms with Crippen LogP contribution in [-0.2, 0) is 0 Å². The molecule has 26 heavy (non-hydrogen) atoms. The van der Waals surface area contributed by atoms with Crippen LogP contribution in [0.25, 0.3) is 0 Å². The molecule has 0 radical (unpaired) electrons. The third kappa shape index (κ3) is 14.8. The topological polar surface area (TPSA) is 0 Å². The summed E-state index contributed by atoms with van der Waals surface area (Å²) in [5.41, 5.74) is 1.35. The molecule has 0 aliphatic rings. The Morgan fingerprint density at radius 3 is 1.27 bits per heavy atom. The molecule has 0 spiro atoms. The summed E-state index contributed by atoms with van der Waals surface area (Å²) in [5, 5.41) is 0. The van der Waals surface area contributed by atoms with Gasteiger partial charge in [-0.05, 0) is 51.9 Å². The van der Waals surface area contributed by atoms with Gasteiger partial charge in [0.2, 0.25) is 0 Å². The maximum atomic E-state index is 4.00. The fourth-order valence-electron chi connectivity index (χ4n) is 4.09. The molecule has 0 aliphatic heterocycles. The van der Waals surface area contributed by atoms with Gasteiger partial charge in [0.25, 0.3) is 0 Å². The summed E-state index contributed by atoms with van der Waals surface area (Å²) in [6.45, 7) is 18.9. The van der Waals surface area contributed by atoms with E-state index in [1.54, 1.807) is 0 Å². The monoisotopic (exact) mass is 366 g/mol. The summed E-state index contributed by atoms with van der Waals surface area (Å²) in [7, 11) is 0. The normalized spacial score (nSPS) is 11.8. The zero-order chi connectivity index (χ0) is 19.5. The molecule has 0 bridgehead atoms. The van der Waals surface area contributed by atoms with Crippen LogP contribution in [0.1, 0.15) is 124 Å². The molecule has 0 N–H and O–H groups in total. The Bertz CT molecular complexity index is 286. The van der Waals surface area contributed by atoms with E-state index in [2.05, 4.69) is 34.3 Å². The van der Waals surface area contributed by atoms with Crippen molar-refractivity contribution in [1.29, 1.82) is 0 Å². The Hall–Kier alpha value is -0.300. The third-order valence-electron chi connectivity index (χ3n) is 5.94. The molecular formula is C25H52N+. The number of allylic oxidation sites excluding steroid dienone is 1. The van der Waals surface area contributed by atoms with Gasteiger partial charge in [0, 0.05) is 0 Å². The van der Waals surface area contributed by atoms with E-state index in [1.807, 2.05) is 0 Å². The smallest absolute Gasteiger partial charge is 0.0786 e. The first kappa shape index (κ1) is 25.7. The minimum absolute atomic E-state index is 1.23. The molecule has 1 nitrogen and oxygen atoms in total. The molecule has 0 heterocycles. The van der Waals surface area contributed by atoms with E-state index in [0.29, 0.717) is 0 Å². The maximum Gasteiger partial charge on any atom is 0.0786 e. The van der Waals surface area contributed by atoms with E-state index >= 15 is 0 Å². The largest absolute Gasteiger partial charge is 0.324 e. The average molecular weight is 367 g/mol. The minimum atomic E-state index is 1.23. The second kappa shape index (κ2) is 18.1. The number of hydrogen-bond acceptors (Lipinski definition) is 0. The van der Waals surface area contributed by atoms with Gasteiger partial charge in [0.1, 0.15) is 0 Å². The van der Waals surface area contributed by atoms with Crippen molar-refractivity contribution in [2.45, 2.75) is 124 Å². The van der Waals surface area contributed by atoms with Crippen molar-refractivity contribution in [3.05, 3.63) is 12.2 Å². The average Bonchev–Trinajstić information content (AvgIpc) is 2.63. The highest BCUT2D eigenvalue weighted by atomic mass is 15.3. The molecule has 1 heteroatoms. The van der Waals surface area contributed by atoms with E-state index in [-0.39, 0.29) is 0 Å². The fourth-order valence-corrected chi connectivity index (χ4v) is 4.09. The molecule has 0 rings (SSSR count). The van der Waals surface area contributed by atoms with Crippen LogP contribution in [0.15, 0.2) is 12.2 Å². The number of rotatable bonds is 20. The number of hydrogen-bond donors (Lipinski definition) is 0. The highest BCUT2D eigenvalue weighted by molar-refractivity contribution is 4.86. The Morgan fingerprint density at radius 1 is 0.538 bits per heavy atom. The van der Waals surface area contributed by atoms with Gasteiger partial charge in [-0.15, -0.1) is 6.58 Å². The number of nitrogens with zero attached hydrogens (tertiary/aromatic N) is 1. The maximum absolute atomic E-state index is 4.00. The molecule has 0 amide bonds. The second-order valence-corrected chi connectivity index (χ2v) is 8.83. The van der Waals surface area contributed by atoms with Crippen LogP contribution in [0.4, 0.5) is 0 Å². The molecule has 0 fully saturated rings. The van der Waals surface area contributed by atoms with Crippen molar-refractivity contribution in [2.24, 2.45) is 0 Å². The van der Waals surface area contributed by atoms with Crippen LogP contribution in [0, 0.1) is 0 Å². The van der Waals surface area contributed by atoms with E-state index < -0.39 is 0 Å². The summed E-state index contributed by atoms with van der Waals surface area (Å²) >= 11 is 0. The van der Waals surface area contributed by atoms with Gasteiger partial charge in [-0.1, -0.05) is 77.7 Å². The zero-order valence-electron chi connectivity index (χ0n) is 19.1. The lowest BCUT2D eigenvalue weighted by Crippen LogP contribution is -2.50. The van der Waals surface area contributed by atoms with E-state index in [9.17, 15) is 0 Å². The quantitative estimate of drug-likeness (QED) is 0.115. The van der Waals surface area contributed by atoms with Crippen LogP contribution >= 0.6 is 0 Å². The Morgan fingerprint density at radius 2 is 0.885 bits per heavy atom. The van der Waals surface area contributed by atoms with Gasteiger partial charge in [-0.3, -0.25) is 0 Å². The summed E-state index contributed by atoms with van der Waals surface area (Å²) < 4.78 is 1.43. The van der Waals surface area contributed by atoms with Crippen molar-refractivity contribution >= 4 is 0 Å². The molecule has 156 valence electrons. The molecule has 0 saturated heterocycles. The van der Waals surface area contributed by atoms with Crippen molar-refractivity contribution in [1.82, 2.24) is 0 Å². The van der Waals surface area contributed by atoms with Crippen LogP contribution in [0.3, 0.4) is 0 Å². The van der Waals surface area contributed by atoms with E-state index in [0.717, 1.165) is 0 Å². The standard InChI is InChI=1S/C25H52N/c1-6-9-21-26(22-10-7-2,23-11-8-3)24-19-17-15-13-12-14-16-18-20-25(4)5/h4,6-24H2,1-3,5H3/q+1. The minimum Gasteiger partial charge on any atom is -0.324 e. The molecule has 0 saturated carbocycles. The van der Waals surface area contributed by atoms with Gasteiger partial charge in [0.15, 0.2) is 0 Å². The Balaban J connectivity index is 4.00. The molecule has 0 aliphatic carbocycles. The summed E-state index contributed by atoms with van der Waals surface area (Å²) in [5.74, 6) is 0. The van der Waals surface area contributed by atoms with Crippen LogP contribution in [0.2, 0.25) is 0 Å². The van der Waals surface area contributed by atoms with Crippen LogP contribution in [0.5, 0.6) is 0 Å². The van der Waals surface area contributed by atoms with Gasteiger partial charge in [-0.2, -0.15) is 0 Å². The lowest BCUT2D eigenvalue weighted by Gasteiger charge is -2.39. The van der Waals surface area contributed by atoms with E-state index in [4.69, 9.17) is 0 Å². The van der Waals surface area contributed by atoms with Crippen molar-refractivity contribution in [3.63, 3.8) is 0 Å². The number of quaternary nitrogens is 1. The van der Waals surface area contributed by atoms with Crippen molar-refractivity contribution in [3.8, 4) is 0 Å². The van der Waals surface area contributed by atoms with Gasteiger partial charge < -0.3 is 4.48 Å². The molecule has 0 aromatic heterocycles. The summed E-state index contributed by atoms with van der Waals surface area (Å²) in [6, 6.07) is 0. The number of unbranched alkanes of at least 4 members (excludes halogenated alkanes) is 10. The van der Waals surface area contributed by atoms with Crippen LogP contribution in [-0.4, -0.2) is 30.7 Å². The Labute approximate surface area is 167 Å². The molecule has 0 aromatic carbocycles. The van der Waals surface area contributed by atoms with Crippen LogP contribution < -0.4 is 0 Å². The lowest BCUT2D eigenvalue weighted by atomic mass is 10.0. The second-order valence-electron chi connectivity index (χ2n) is 8.83. The predicted molar refractivity (Wildman–Crippen MR) is 121 cm³/mol. The lowest BCUT2D eigenvalue weighted by molar-refractivity contribution is -0.929. The Kier molecular flexibility index (Phi) is 17.9. The van der Waals surface area contributed by atoms with Gasteiger partial charge >= 0.3 is 0 Å². The molecular weight excluding hydrogens is 314 g/mol. The molecule has 0 aromatic rings. The first-order chi connectivity index (χ1) is 12.6. The van der Waals surface area contributed by atoms with Gasteiger partial charge in [0.05, 0.1) is 26.2 Å². The van der Waals surface area contributed by atoms with Crippen molar-refractivity contribution in [2.75, 3.05) is 26.2 Å². The summed E-state index contributed by atoms with van der Waals surface area (Å²) in [4.78, 5) is 0. The SMILES string of the molecule is C=C(C)CCCCCCCCCC[N+](CCCC)(CCCC)CCCC. The first-order valence-corrected chi connectivity index (χ1v) is 12.1. The van der Waals surface area contributed by atoms with Crippen molar-refractivity contribution < 1.29 is 4.48 Å². The highest BCUT2D eigenvalue weighted by Crippen LogP contribution is 2.18. The fraction of sp³-hybridized carbons (Fsp3) is 0.920. The predicted octanol–water partition coefficient (Wildman–Crippen LogP) is 8.29.